The van der Waals surface area contributed by atoms with Crippen molar-refractivity contribution in [3.8, 4) is 5.75 Å². The van der Waals surface area contributed by atoms with Crippen LogP contribution in [0.2, 0.25) is 0 Å². The van der Waals surface area contributed by atoms with Crippen molar-refractivity contribution >= 4 is 15.4 Å². The van der Waals surface area contributed by atoms with Crippen LogP contribution in [0.3, 0.4) is 0 Å². The number of ether oxygens (including phenoxy) is 1. The lowest BCUT2D eigenvalue weighted by atomic mass is 10.2. The third-order valence-corrected chi connectivity index (χ3v) is 3.23. The van der Waals surface area contributed by atoms with Gasteiger partial charge in [0.2, 0.25) is 9.84 Å². The molecule has 0 spiro atoms. The third kappa shape index (κ3) is 3.57. The monoisotopic (exact) mass is 291 g/mol. The Labute approximate surface area is 107 Å². The summed E-state index contributed by atoms with van der Waals surface area (Å²) in [4.78, 5) is 3.60. The lowest BCUT2D eigenvalue weighted by Crippen LogP contribution is -2.05. The molecule has 0 radical (unpaired) electrons. The molecule has 0 saturated heterocycles. The molecule has 0 N–H and O–H groups in total. The van der Waals surface area contributed by atoms with E-state index in [4.69, 9.17) is 4.74 Å². The van der Waals surface area contributed by atoms with Crippen molar-refractivity contribution in [3.63, 3.8) is 0 Å². The highest BCUT2D eigenvalue weighted by Crippen LogP contribution is 2.30. The topological polar surface area (TPSA) is 55.7 Å². The Morgan fingerprint density at radius 1 is 1.16 bits per heavy atom. The number of hydrogen-bond donors (Lipinski definition) is 0. The molecule has 0 saturated carbocycles. The lowest BCUT2D eigenvalue weighted by molar-refractivity contribution is -0.137. The van der Waals surface area contributed by atoms with Gasteiger partial charge in [-0.15, -0.1) is 0 Å². The molecule has 2 rings (SSSR count). The molecule has 0 amide bonds. The zero-order chi connectivity index (χ0) is 14.1. The predicted octanol–water partition coefficient (Wildman–Crippen LogP) is 2.38. The van der Waals surface area contributed by atoms with E-state index in [0.717, 1.165) is 35.2 Å². The number of hydrogen-bond acceptors (Lipinski definition) is 4. The van der Waals surface area contributed by atoms with Crippen molar-refractivity contribution in [1.82, 2.24) is 0 Å². The van der Waals surface area contributed by atoms with Gasteiger partial charge in [-0.3, -0.25) is 0 Å². The number of benzene rings is 1. The molecule has 0 fully saturated rings. The molecule has 1 aromatic carbocycles. The number of aliphatic imine (C=N–C) groups is 1. The Bertz CT molecular complexity index is 630. The van der Waals surface area contributed by atoms with Crippen LogP contribution in [0.4, 0.5) is 13.2 Å². The Morgan fingerprint density at radius 3 is 2.26 bits per heavy atom. The van der Waals surface area contributed by atoms with Gasteiger partial charge in [0.05, 0.1) is 16.7 Å². The Kier molecular flexibility index (Phi) is 3.36. The molecule has 0 unspecified atom stereocenters. The van der Waals surface area contributed by atoms with Crippen LogP contribution in [0.5, 0.6) is 5.75 Å². The summed E-state index contributed by atoms with van der Waals surface area (Å²) in [7, 11) is -3.41. The molecule has 102 valence electrons. The minimum Gasteiger partial charge on any atom is -0.487 e. The fourth-order valence-corrected chi connectivity index (χ4v) is 2.21. The molecule has 0 aliphatic carbocycles. The van der Waals surface area contributed by atoms with Crippen LogP contribution in [-0.2, 0) is 16.0 Å². The van der Waals surface area contributed by atoms with E-state index in [0.29, 0.717) is 0 Å². The van der Waals surface area contributed by atoms with E-state index < -0.39 is 21.6 Å². The van der Waals surface area contributed by atoms with Gasteiger partial charge >= 0.3 is 6.18 Å². The largest absolute Gasteiger partial charge is 0.487 e. The SMILES string of the molecule is O=S1(=O)C=NC(COc2ccc(C(F)(F)F)cc2)=C1. The van der Waals surface area contributed by atoms with E-state index in [1.807, 2.05) is 0 Å². The highest BCUT2D eigenvalue weighted by molar-refractivity contribution is 8.07. The third-order valence-electron chi connectivity index (χ3n) is 2.23. The molecular formula is C11H8F3NO3S. The maximum absolute atomic E-state index is 12.3. The van der Waals surface area contributed by atoms with E-state index in [2.05, 4.69) is 4.99 Å². The van der Waals surface area contributed by atoms with Crippen LogP contribution in [0.1, 0.15) is 5.56 Å². The fraction of sp³-hybridized carbons (Fsp3) is 0.182. The minimum absolute atomic E-state index is 0.124. The molecule has 19 heavy (non-hydrogen) atoms. The molecule has 1 aromatic rings. The van der Waals surface area contributed by atoms with Crippen molar-refractivity contribution < 1.29 is 26.3 Å². The van der Waals surface area contributed by atoms with Crippen LogP contribution in [0, 0.1) is 0 Å². The van der Waals surface area contributed by atoms with E-state index in [1.165, 1.54) is 0 Å². The van der Waals surface area contributed by atoms with Crippen molar-refractivity contribution in [2.75, 3.05) is 6.61 Å². The summed E-state index contributed by atoms with van der Waals surface area (Å²) >= 11 is 0. The first-order valence-corrected chi connectivity index (χ1v) is 6.67. The summed E-state index contributed by atoms with van der Waals surface area (Å²) in [6.07, 6.45) is -4.40. The zero-order valence-electron chi connectivity index (χ0n) is 9.39. The number of halogens is 3. The van der Waals surface area contributed by atoms with Gasteiger partial charge in [0, 0.05) is 0 Å². The standard InChI is InChI=1S/C11H8F3NO3S/c12-11(13,14)8-1-3-10(4-2-8)18-5-9-6-19(16,17)7-15-9/h1-4,6-7H,5H2. The zero-order valence-corrected chi connectivity index (χ0v) is 10.2. The van der Waals surface area contributed by atoms with E-state index in [1.54, 1.807) is 0 Å². The molecule has 1 heterocycles. The maximum Gasteiger partial charge on any atom is 0.416 e. The van der Waals surface area contributed by atoms with E-state index in [-0.39, 0.29) is 18.1 Å². The number of rotatable bonds is 3. The normalized spacial score (nSPS) is 17.3. The van der Waals surface area contributed by atoms with Gasteiger partial charge in [-0.2, -0.15) is 13.2 Å². The Balaban J connectivity index is 2.00. The fourth-order valence-electron chi connectivity index (χ4n) is 1.36. The number of nitrogens with zero attached hydrogens (tertiary/aromatic N) is 1. The van der Waals surface area contributed by atoms with Crippen molar-refractivity contribution in [3.05, 3.63) is 40.9 Å². The second-order valence-corrected chi connectivity index (χ2v) is 5.37. The van der Waals surface area contributed by atoms with Gasteiger partial charge in [-0.05, 0) is 24.3 Å². The van der Waals surface area contributed by atoms with Crippen molar-refractivity contribution in [1.29, 1.82) is 0 Å². The first kappa shape index (κ1) is 13.6. The van der Waals surface area contributed by atoms with Crippen molar-refractivity contribution in [2.24, 2.45) is 4.99 Å². The van der Waals surface area contributed by atoms with Crippen LogP contribution in [0.15, 0.2) is 40.4 Å². The van der Waals surface area contributed by atoms with Crippen molar-refractivity contribution in [2.45, 2.75) is 6.18 Å². The smallest absolute Gasteiger partial charge is 0.416 e. The lowest BCUT2D eigenvalue weighted by Gasteiger charge is -2.08. The first-order chi connectivity index (χ1) is 8.76. The maximum atomic E-state index is 12.3. The molecule has 4 nitrogen and oxygen atoms in total. The second-order valence-electron chi connectivity index (χ2n) is 3.74. The van der Waals surface area contributed by atoms with Crippen LogP contribution >= 0.6 is 0 Å². The van der Waals surface area contributed by atoms with Gasteiger partial charge in [-0.25, -0.2) is 13.4 Å². The summed E-state index contributed by atoms with van der Waals surface area (Å²) < 4.78 is 64.0. The van der Waals surface area contributed by atoms with Gasteiger partial charge < -0.3 is 4.74 Å². The molecule has 0 bridgehead atoms. The summed E-state index contributed by atoms with van der Waals surface area (Å²) in [6.45, 7) is -0.124. The van der Waals surface area contributed by atoms with Gasteiger partial charge in [0.15, 0.2) is 0 Å². The Hall–Kier alpha value is -1.83. The molecule has 0 atom stereocenters. The highest BCUT2D eigenvalue weighted by atomic mass is 32.2. The van der Waals surface area contributed by atoms with Crippen LogP contribution in [0.25, 0.3) is 0 Å². The summed E-state index contributed by atoms with van der Waals surface area (Å²) in [6, 6.07) is 4.10. The minimum atomic E-state index is -4.40. The first-order valence-electron chi connectivity index (χ1n) is 5.06. The molecule has 1 aliphatic heterocycles. The molecular weight excluding hydrogens is 283 g/mol. The highest BCUT2D eigenvalue weighted by Gasteiger charge is 2.30. The van der Waals surface area contributed by atoms with Gasteiger partial charge in [-0.1, -0.05) is 0 Å². The van der Waals surface area contributed by atoms with Gasteiger partial charge in [0.25, 0.3) is 0 Å². The predicted molar refractivity (Wildman–Crippen MR) is 62.4 cm³/mol. The van der Waals surface area contributed by atoms with Crippen LogP contribution < -0.4 is 4.74 Å². The average Bonchev–Trinajstić information content (AvgIpc) is 2.66. The second kappa shape index (κ2) is 4.69. The van der Waals surface area contributed by atoms with Crippen LogP contribution in [-0.4, -0.2) is 20.6 Å². The van der Waals surface area contributed by atoms with E-state index >= 15 is 0 Å². The molecule has 8 heteroatoms. The summed E-state index contributed by atoms with van der Waals surface area (Å²) in [5.74, 6) is 0.202. The molecule has 1 aliphatic rings. The number of sulfone groups is 1. The number of alkyl halides is 3. The van der Waals surface area contributed by atoms with E-state index in [9.17, 15) is 21.6 Å². The van der Waals surface area contributed by atoms with Gasteiger partial charge in [0.1, 0.15) is 17.9 Å². The summed E-state index contributed by atoms with van der Waals surface area (Å²) in [5.41, 5.74) is 0.207. The quantitative estimate of drug-likeness (QED) is 0.859. The Morgan fingerprint density at radius 2 is 1.79 bits per heavy atom. The molecule has 0 aromatic heterocycles. The summed E-state index contributed by atoms with van der Waals surface area (Å²) in [5, 5.41) is 0.942. The average molecular weight is 291 g/mol.